The number of hydrogen-bond acceptors (Lipinski definition) is 5. The van der Waals surface area contributed by atoms with Crippen molar-refractivity contribution in [2.45, 2.75) is 26.5 Å². The Bertz CT molecular complexity index is 613. The number of nitrogens with two attached hydrogens (primary N) is 1. The highest BCUT2D eigenvalue weighted by Gasteiger charge is 2.17. The lowest BCUT2D eigenvalue weighted by Crippen LogP contribution is -2.34. The summed E-state index contributed by atoms with van der Waals surface area (Å²) in [6.45, 7) is 3.92. The molecule has 21 heavy (non-hydrogen) atoms. The molecule has 0 aliphatic carbocycles. The predicted octanol–water partition coefficient (Wildman–Crippen LogP) is 2.32. The molecule has 1 aromatic heterocycles. The topological polar surface area (TPSA) is 90.4 Å². The second-order valence-electron chi connectivity index (χ2n) is 4.86. The van der Waals surface area contributed by atoms with Gasteiger partial charge in [0.15, 0.2) is 5.58 Å². The molecule has 0 radical (unpaired) electrons. The van der Waals surface area contributed by atoms with E-state index in [-0.39, 0.29) is 30.3 Å². The average Bonchev–Trinajstić information content (AvgIpc) is 2.79. The van der Waals surface area contributed by atoms with E-state index in [9.17, 15) is 4.79 Å². The maximum Gasteiger partial charge on any atom is 0.228 e. The van der Waals surface area contributed by atoms with E-state index in [1.807, 2.05) is 6.92 Å². The van der Waals surface area contributed by atoms with Gasteiger partial charge in [-0.1, -0.05) is 6.92 Å². The molecule has 1 aromatic carbocycles. The van der Waals surface area contributed by atoms with Gasteiger partial charge in [-0.3, -0.25) is 4.79 Å². The third-order valence-corrected chi connectivity index (χ3v) is 3.17. The number of fused-ring (bicyclic) bond motifs is 1. The highest BCUT2D eigenvalue weighted by Crippen LogP contribution is 2.21. The Morgan fingerprint density at radius 2 is 2.19 bits per heavy atom. The lowest BCUT2D eigenvalue weighted by Gasteiger charge is -2.15. The highest BCUT2D eigenvalue weighted by atomic mass is 35.5. The van der Waals surface area contributed by atoms with E-state index in [0.717, 1.165) is 0 Å². The van der Waals surface area contributed by atoms with E-state index < -0.39 is 0 Å². The smallest absolute Gasteiger partial charge is 0.228 e. The summed E-state index contributed by atoms with van der Waals surface area (Å²) in [6.07, 6.45) is 0. The summed E-state index contributed by atoms with van der Waals surface area (Å²) < 4.78 is 10.5. The minimum Gasteiger partial charge on any atom is -0.438 e. The van der Waals surface area contributed by atoms with Gasteiger partial charge in [-0.25, -0.2) is 4.98 Å². The van der Waals surface area contributed by atoms with Gasteiger partial charge in [0.2, 0.25) is 11.8 Å². The zero-order valence-electron chi connectivity index (χ0n) is 12.3. The molecular weight excluding hydrogens is 294 g/mol. The Morgan fingerprint density at radius 1 is 1.48 bits per heavy atom. The van der Waals surface area contributed by atoms with Gasteiger partial charge in [-0.05, 0) is 25.1 Å². The zero-order valence-corrected chi connectivity index (χ0v) is 13.1. The number of anilines is 1. The lowest BCUT2D eigenvalue weighted by molar-refractivity contribution is -0.119. The molecule has 0 saturated carbocycles. The van der Waals surface area contributed by atoms with Crippen molar-refractivity contribution in [3.8, 4) is 0 Å². The SMILES string of the molecule is COCc1nc2cc(NC(=O)C(C)C(C)N)ccc2o1.Cl. The molecule has 2 unspecified atom stereocenters. The van der Waals surface area contributed by atoms with Crippen LogP contribution in [0.5, 0.6) is 0 Å². The maximum atomic E-state index is 11.9. The fourth-order valence-corrected chi connectivity index (χ4v) is 1.73. The van der Waals surface area contributed by atoms with Crippen molar-refractivity contribution in [3.63, 3.8) is 0 Å². The maximum absolute atomic E-state index is 11.9. The van der Waals surface area contributed by atoms with Crippen LogP contribution >= 0.6 is 12.4 Å². The molecule has 0 saturated heterocycles. The number of aromatic nitrogens is 1. The molecule has 1 amide bonds. The zero-order chi connectivity index (χ0) is 14.7. The lowest BCUT2D eigenvalue weighted by atomic mass is 10.0. The third-order valence-electron chi connectivity index (χ3n) is 3.17. The number of hydrogen-bond donors (Lipinski definition) is 2. The summed E-state index contributed by atoms with van der Waals surface area (Å²) in [6, 6.07) is 5.12. The van der Waals surface area contributed by atoms with Crippen LogP contribution in [0.4, 0.5) is 5.69 Å². The molecule has 0 aliphatic heterocycles. The molecule has 116 valence electrons. The minimum absolute atomic E-state index is 0. The number of carbonyl (C=O) groups is 1. The Morgan fingerprint density at radius 3 is 2.81 bits per heavy atom. The van der Waals surface area contributed by atoms with Crippen LogP contribution in [0.3, 0.4) is 0 Å². The van der Waals surface area contributed by atoms with Crippen LogP contribution in [0.25, 0.3) is 11.1 Å². The summed E-state index contributed by atoms with van der Waals surface area (Å²) in [5, 5.41) is 2.82. The quantitative estimate of drug-likeness (QED) is 0.884. The van der Waals surface area contributed by atoms with Crippen molar-refractivity contribution in [2.24, 2.45) is 11.7 Å². The van der Waals surface area contributed by atoms with E-state index in [1.54, 1.807) is 32.2 Å². The number of amides is 1. The minimum atomic E-state index is -0.257. The Hall–Kier alpha value is -1.63. The molecule has 0 bridgehead atoms. The Balaban J connectivity index is 0.00000220. The van der Waals surface area contributed by atoms with Gasteiger partial charge in [0.25, 0.3) is 0 Å². The van der Waals surface area contributed by atoms with Gasteiger partial charge in [0.05, 0.1) is 5.92 Å². The van der Waals surface area contributed by atoms with Crippen molar-refractivity contribution in [1.29, 1.82) is 0 Å². The van der Waals surface area contributed by atoms with Crippen LogP contribution in [0.2, 0.25) is 0 Å². The van der Waals surface area contributed by atoms with E-state index in [4.69, 9.17) is 14.9 Å². The van der Waals surface area contributed by atoms with Crippen molar-refractivity contribution in [3.05, 3.63) is 24.1 Å². The number of methoxy groups -OCH3 is 1. The van der Waals surface area contributed by atoms with Gasteiger partial charge >= 0.3 is 0 Å². The van der Waals surface area contributed by atoms with Gasteiger partial charge in [0.1, 0.15) is 12.1 Å². The van der Waals surface area contributed by atoms with Crippen LogP contribution in [-0.2, 0) is 16.1 Å². The number of benzene rings is 1. The Kier molecular flexibility index (Phi) is 6.14. The van der Waals surface area contributed by atoms with Gasteiger partial charge in [-0.15, -0.1) is 12.4 Å². The van der Waals surface area contributed by atoms with E-state index in [2.05, 4.69) is 10.3 Å². The monoisotopic (exact) mass is 313 g/mol. The standard InChI is InChI=1S/C14H19N3O3.ClH/c1-8(9(2)15)14(18)16-10-4-5-12-11(6-10)17-13(20-12)7-19-3;/h4-6,8-9H,7,15H2,1-3H3,(H,16,18);1H. The summed E-state index contributed by atoms with van der Waals surface area (Å²) in [5.41, 5.74) is 7.73. The first-order chi connectivity index (χ1) is 9.51. The van der Waals surface area contributed by atoms with Crippen molar-refractivity contribution in [2.75, 3.05) is 12.4 Å². The van der Waals surface area contributed by atoms with E-state index >= 15 is 0 Å². The van der Waals surface area contributed by atoms with Crippen molar-refractivity contribution >= 4 is 35.1 Å². The van der Waals surface area contributed by atoms with Gasteiger partial charge in [0, 0.05) is 18.8 Å². The third kappa shape index (κ3) is 4.17. The normalized spacial score (nSPS) is 13.5. The van der Waals surface area contributed by atoms with E-state index in [1.165, 1.54) is 0 Å². The summed E-state index contributed by atoms with van der Waals surface area (Å²) in [5.74, 6) is 0.141. The predicted molar refractivity (Wildman–Crippen MR) is 83.4 cm³/mol. The molecule has 2 aromatic rings. The molecule has 2 rings (SSSR count). The molecular formula is C14H20ClN3O3. The molecule has 0 aliphatic rings. The van der Waals surface area contributed by atoms with Crippen LogP contribution in [0.1, 0.15) is 19.7 Å². The number of nitrogens with zero attached hydrogens (tertiary/aromatic N) is 1. The molecule has 2 atom stereocenters. The molecule has 1 heterocycles. The second kappa shape index (κ2) is 7.40. The number of rotatable bonds is 5. The van der Waals surface area contributed by atoms with Crippen LogP contribution in [0.15, 0.2) is 22.6 Å². The molecule has 0 spiro atoms. The fourth-order valence-electron chi connectivity index (χ4n) is 1.73. The van der Waals surface area contributed by atoms with Crippen LogP contribution in [0, 0.1) is 5.92 Å². The number of nitrogens with one attached hydrogen (secondary N) is 1. The van der Waals surface area contributed by atoms with Crippen molar-refractivity contribution < 1.29 is 13.9 Å². The molecule has 7 heteroatoms. The highest BCUT2D eigenvalue weighted by molar-refractivity contribution is 5.94. The summed E-state index contributed by atoms with van der Waals surface area (Å²) >= 11 is 0. The second-order valence-corrected chi connectivity index (χ2v) is 4.86. The Labute approximate surface area is 129 Å². The fraction of sp³-hybridized carbons (Fsp3) is 0.429. The van der Waals surface area contributed by atoms with E-state index in [0.29, 0.717) is 29.3 Å². The average molecular weight is 314 g/mol. The van der Waals surface area contributed by atoms with Gasteiger partial charge in [-0.2, -0.15) is 0 Å². The number of ether oxygens (including phenoxy) is 1. The molecule has 0 fully saturated rings. The van der Waals surface area contributed by atoms with Crippen molar-refractivity contribution in [1.82, 2.24) is 4.98 Å². The van der Waals surface area contributed by atoms with Crippen LogP contribution in [-0.4, -0.2) is 24.0 Å². The van der Waals surface area contributed by atoms with Crippen LogP contribution < -0.4 is 11.1 Å². The number of carbonyl (C=O) groups excluding carboxylic acids is 1. The molecule has 3 N–H and O–H groups in total. The summed E-state index contributed by atoms with van der Waals surface area (Å²) in [7, 11) is 1.58. The number of halogens is 1. The first-order valence-electron chi connectivity index (χ1n) is 6.46. The molecule has 6 nitrogen and oxygen atoms in total. The largest absolute Gasteiger partial charge is 0.438 e. The first-order valence-corrected chi connectivity index (χ1v) is 6.46. The summed E-state index contributed by atoms with van der Waals surface area (Å²) in [4.78, 5) is 16.2. The first kappa shape index (κ1) is 17.4. The van der Waals surface area contributed by atoms with Gasteiger partial charge < -0.3 is 20.2 Å². The number of oxazole rings is 1.